The molecule has 0 aliphatic carbocycles. The Hall–Kier alpha value is -1.85. The van der Waals surface area contributed by atoms with Crippen LogP contribution in [0.3, 0.4) is 0 Å². The van der Waals surface area contributed by atoms with Gasteiger partial charge in [-0.2, -0.15) is 0 Å². The van der Waals surface area contributed by atoms with E-state index < -0.39 is 0 Å². The van der Waals surface area contributed by atoms with Crippen molar-refractivity contribution in [1.29, 1.82) is 0 Å². The van der Waals surface area contributed by atoms with Crippen LogP contribution in [-0.4, -0.2) is 21.9 Å². The van der Waals surface area contributed by atoms with Crippen LogP contribution in [0.15, 0.2) is 42.7 Å². The van der Waals surface area contributed by atoms with Crippen molar-refractivity contribution in [2.45, 2.75) is 13.1 Å². The Kier molecular flexibility index (Phi) is 4.76. The Morgan fingerprint density at radius 1 is 1.25 bits per heavy atom. The summed E-state index contributed by atoms with van der Waals surface area (Å²) in [5.74, 6) is -0.281. The molecule has 2 N–H and O–H groups in total. The molecule has 5 heteroatoms. The molecule has 0 aliphatic rings. The van der Waals surface area contributed by atoms with Crippen LogP contribution >= 0.6 is 12.2 Å². The first-order valence-electron chi connectivity index (χ1n) is 6.22. The van der Waals surface area contributed by atoms with Gasteiger partial charge in [0.2, 0.25) is 0 Å². The van der Waals surface area contributed by atoms with Crippen LogP contribution in [0, 0.1) is 5.82 Å². The van der Waals surface area contributed by atoms with Gasteiger partial charge < -0.3 is 5.73 Å². The SMILES string of the molecule is CN(Cc1ccncc1)Cc1ccc(C(N)=S)cc1F. The maximum absolute atomic E-state index is 14.0. The third-order valence-corrected chi connectivity index (χ3v) is 3.22. The lowest BCUT2D eigenvalue weighted by molar-refractivity contribution is 0.313. The normalized spacial score (nSPS) is 10.8. The van der Waals surface area contributed by atoms with Gasteiger partial charge in [0, 0.05) is 36.6 Å². The van der Waals surface area contributed by atoms with E-state index in [2.05, 4.69) is 4.98 Å². The van der Waals surface area contributed by atoms with E-state index >= 15 is 0 Å². The molecule has 0 atom stereocenters. The lowest BCUT2D eigenvalue weighted by atomic mass is 10.1. The zero-order valence-electron chi connectivity index (χ0n) is 11.2. The molecule has 0 bridgehead atoms. The number of aromatic nitrogens is 1. The second-order valence-corrected chi connectivity index (χ2v) is 5.14. The highest BCUT2D eigenvalue weighted by Crippen LogP contribution is 2.14. The highest BCUT2D eigenvalue weighted by molar-refractivity contribution is 7.80. The number of hydrogen-bond acceptors (Lipinski definition) is 3. The van der Waals surface area contributed by atoms with Gasteiger partial charge in [0.25, 0.3) is 0 Å². The zero-order valence-corrected chi connectivity index (χ0v) is 12.0. The van der Waals surface area contributed by atoms with Crippen molar-refractivity contribution >= 4 is 17.2 Å². The molecule has 0 radical (unpaired) electrons. The van der Waals surface area contributed by atoms with Gasteiger partial charge in [-0.1, -0.05) is 24.4 Å². The van der Waals surface area contributed by atoms with Crippen LogP contribution in [0.5, 0.6) is 0 Å². The van der Waals surface area contributed by atoms with E-state index in [4.69, 9.17) is 18.0 Å². The third kappa shape index (κ3) is 3.82. The molecule has 0 unspecified atom stereocenters. The Bertz CT molecular complexity index is 601. The minimum atomic E-state index is -0.281. The van der Waals surface area contributed by atoms with E-state index in [1.54, 1.807) is 24.5 Å². The second kappa shape index (κ2) is 6.54. The van der Waals surface area contributed by atoms with E-state index in [0.717, 1.165) is 12.1 Å². The maximum atomic E-state index is 14.0. The quantitative estimate of drug-likeness (QED) is 0.859. The molecule has 0 saturated carbocycles. The molecule has 0 saturated heterocycles. The fraction of sp³-hybridized carbons (Fsp3) is 0.200. The summed E-state index contributed by atoms with van der Waals surface area (Å²) in [6.07, 6.45) is 3.50. The fourth-order valence-corrected chi connectivity index (χ4v) is 2.10. The Morgan fingerprint density at radius 2 is 1.95 bits per heavy atom. The summed E-state index contributed by atoms with van der Waals surface area (Å²) in [6.45, 7) is 1.25. The van der Waals surface area contributed by atoms with E-state index in [1.807, 2.05) is 24.1 Å². The van der Waals surface area contributed by atoms with Crippen LogP contribution in [0.1, 0.15) is 16.7 Å². The number of nitrogens with zero attached hydrogens (tertiary/aromatic N) is 2. The minimum absolute atomic E-state index is 0.209. The Morgan fingerprint density at radius 3 is 2.55 bits per heavy atom. The molecule has 1 aromatic carbocycles. The smallest absolute Gasteiger partial charge is 0.128 e. The number of halogens is 1. The highest BCUT2D eigenvalue weighted by atomic mass is 32.1. The summed E-state index contributed by atoms with van der Waals surface area (Å²) in [4.78, 5) is 6.22. The van der Waals surface area contributed by atoms with Crippen LogP contribution in [0.2, 0.25) is 0 Å². The fourth-order valence-electron chi connectivity index (χ4n) is 1.98. The van der Waals surface area contributed by atoms with Gasteiger partial charge in [-0.3, -0.25) is 9.88 Å². The molecule has 0 fully saturated rings. The molecule has 3 nitrogen and oxygen atoms in total. The van der Waals surface area contributed by atoms with Crippen LogP contribution < -0.4 is 5.73 Å². The van der Waals surface area contributed by atoms with Crippen molar-refractivity contribution in [3.63, 3.8) is 0 Å². The summed E-state index contributed by atoms with van der Waals surface area (Å²) < 4.78 is 14.0. The van der Waals surface area contributed by atoms with Gasteiger partial charge in [0.1, 0.15) is 10.8 Å². The molecule has 1 heterocycles. The first-order valence-corrected chi connectivity index (χ1v) is 6.63. The van der Waals surface area contributed by atoms with Gasteiger partial charge in [-0.05, 0) is 30.8 Å². The first kappa shape index (κ1) is 14.6. The molecule has 2 aromatic rings. The van der Waals surface area contributed by atoms with Crippen molar-refractivity contribution in [1.82, 2.24) is 9.88 Å². The number of nitrogens with two attached hydrogens (primary N) is 1. The summed E-state index contributed by atoms with van der Waals surface area (Å²) >= 11 is 4.83. The number of thiocarbonyl (C=S) groups is 1. The Labute approximate surface area is 123 Å². The average Bonchev–Trinajstić information content (AvgIpc) is 2.42. The molecular weight excluding hydrogens is 273 g/mol. The van der Waals surface area contributed by atoms with Crippen LogP contribution in [0.25, 0.3) is 0 Å². The van der Waals surface area contributed by atoms with Gasteiger partial charge in [0.15, 0.2) is 0 Å². The number of rotatable bonds is 5. The lowest BCUT2D eigenvalue weighted by Gasteiger charge is -2.17. The van der Waals surface area contributed by atoms with Gasteiger partial charge in [-0.15, -0.1) is 0 Å². The molecule has 20 heavy (non-hydrogen) atoms. The Balaban J connectivity index is 2.04. The third-order valence-electron chi connectivity index (χ3n) is 2.98. The predicted molar refractivity (Wildman–Crippen MR) is 81.7 cm³/mol. The predicted octanol–water partition coefficient (Wildman–Crippen LogP) is 2.49. The van der Waals surface area contributed by atoms with Crippen molar-refractivity contribution < 1.29 is 4.39 Å². The number of benzene rings is 1. The zero-order chi connectivity index (χ0) is 14.5. The van der Waals surface area contributed by atoms with Crippen molar-refractivity contribution in [3.05, 3.63) is 65.2 Å². The van der Waals surface area contributed by atoms with Gasteiger partial charge >= 0.3 is 0 Å². The van der Waals surface area contributed by atoms with E-state index in [9.17, 15) is 4.39 Å². The monoisotopic (exact) mass is 289 g/mol. The molecule has 2 rings (SSSR count). The van der Waals surface area contributed by atoms with Crippen LogP contribution in [-0.2, 0) is 13.1 Å². The summed E-state index contributed by atoms with van der Waals surface area (Å²) in [5.41, 5.74) is 7.81. The molecule has 0 amide bonds. The lowest BCUT2D eigenvalue weighted by Crippen LogP contribution is -2.18. The topological polar surface area (TPSA) is 42.2 Å². The molecule has 0 aliphatic heterocycles. The average molecular weight is 289 g/mol. The van der Waals surface area contributed by atoms with E-state index in [-0.39, 0.29) is 10.8 Å². The summed E-state index contributed by atoms with van der Waals surface area (Å²) in [5, 5.41) is 0. The van der Waals surface area contributed by atoms with Crippen LogP contribution in [0.4, 0.5) is 4.39 Å². The number of pyridine rings is 1. The van der Waals surface area contributed by atoms with Crippen molar-refractivity contribution in [3.8, 4) is 0 Å². The van der Waals surface area contributed by atoms with Crippen molar-refractivity contribution in [2.24, 2.45) is 5.73 Å². The minimum Gasteiger partial charge on any atom is -0.389 e. The molecule has 1 aromatic heterocycles. The maximum Gasteiger partial charge on any atom is 0.128 e. The molecule has 0 spiro atoms. The van der Waals surface area contributed by atoms with Gasteiger partial charge in [-0.25, -0.2) is 4.39 Å². The highest BCUT2D eigenvalue weighted by Gasteiger charge is 2.08. The standard InChI is InChI=1S/C15H16FN3S/c1-19(9-11-4-6-18-7-5-11)10-13-3-2-12(15(17)20)8-14(13)16/h2-8H,9-10H2,1H3,(H2,17,20). The van der Waals surface area contributed by atoms with E-state index in [1.165, 1.54) is 6.07 Å². The first-order chi connectivity index (χ1) is 9.56. The van der Waals surface area contributed by atoms with E-state index in [0.29, 0.717) is 17.7 Å². The number of hydrogen-bond donors (Lipinski definition) is 1. The summed E-state index contributed by atoms with van der Waals surface area (Å²) in [7, 11) is 1.95. The second-order valence-electron chi connectivity index (χ2n) is 4.70. The summed E-state index contributed by atoms with van der Waals surface area (Å²) in [6, 6.07) is 8.76. The molecule has 104 valence electrons. The largest absolute Gasteiger partial charge is 0.389 e. The van der Waals surface area contributed by atoms with Gasteiger partial charge in [0.05, 0.1) is 0 Å². The molecular formula is C15H16FN3S. The van der Waals surface area contributed by atoms with Crippen molar-refractivity contribution in [2.75, 3.05) is 7.05 Å².